The van der Waals surface area contributed by atoms with Crippen molar-refractivity contribution in [1.29, 1.82) is 0 Å². The Labute approximate surface area is 62.7 Å². The summed E-state index contributed by atoms with van der Waals surface area (Å²) in [5.41, 5.74) is 0. The molecule has 1 heterocycles. The summed E-state index contributed by atoms with van der Waals surface area (Å²) in [6.45, 7) is 0. The number of nitrogens with zero attached hydrogens (tertiary/aromatic N) is 1. The minimum Gasteiger partial charge on any atom is -0.375 e. The lowest BCUT2D eigenvalue weighted by Crippen LogP contribution is -2.13. The van der Waals surface area contributed by atoms with E-state index in [0.29, 0.717) is 0 Å². The maximum Gasteiger partial charge on any atom is 0.0968 e. The summed E-state index contributed by atoms with van der Waals surface area (Å²) in [5, 5.41) is 0. The van der Waals surface area contributed by atoms with Crippen molar-refractivity contribution >= 4 is 22.1 Å². The van der Waals surface area contributed by atoms with Crippen LogP contribution in [0.3, 0.4) is 0 Å². The molecule has 0 spiro atoms. The molecule has 0 bridgehead atoms. The largest absolute Gasteiger partial charge is 0.375 e. The van der Waals surface area contributed by atoms with Gasteiger partial charge in [-0.05, 0) is 0 Å². The molecule has 0 fully saturated rings. The van der Waals surface area contributed by atoms with Crippen LogP contribution in [0, 0.1) is 0 Å². The smallest absolute Gasteiger partial charge is 0.0968 e. The lowest BCUT2D eigenvalue weighted by molar-refractivity contribution is 0.160. The highest BCUT2D eigenvalue weighted by Gasteiger charge is 2.07. The average molecular weight is 190 g/mol. The van der Waals surface area contributed by atoms with Crippen LogP contribution in [0.1, 0.15) is 6.42 Å². The Morgan fingerprint density at radius 2 is 2.67 bits per heavy atom. The summed E-state index contributed by atoms with van der Waals surface area (Å²) in [5.74, 6) is 0. The van der Waals surface area contributed by atoms with Crippen LogP contribution in [0.2, 0.25) is 0 Å². The zero-order chi connectivity index (χ0) is 6.69. The molecule has 1 aliphatic heterocycles. The first-order chi connectivity index (χ1) is 4.33. The van der Waals surface area contributed by atoms with Crippen molar-refractivity contribution in [3.63, 3.8) is 0 Å². The van der Waals surface area contributed by atoms with Crippen molar-refractivity contribution in [2.75, 3.05) is 7.11 Å². The highest BCUT2D eigenvalue weighted by Crippen LogP contribution is 2.16. The van der Waals surface area contributed by atoms with Crippen molar-refractivity contribution in [3.05, 3.63) is 10.7 Å². The molecule has 1 unspecified atom stereocenters. The molecule has 1 rings (SSSR count). The normalized spacial score (nSPS) is 26.0. The number of halogens is 1. The molecule has 1 aliphatic rings. The predicted octanol–water partition coefficient (Wildman–Crippen LogP) is 1.71. The third kappa shape index (κ3) is 1.91. The summed E-state index contributed by atoms with van der Waals surface area (Å²) < 4.78 is 6.14. The van der Waals surface area contributed by atoms with Crippen molar-refractivity contribution in [1.82, 2.24) is 0 Å². The van der Waals surface area contributed by atoms with Gasteiger partial charge in [0.15, 0.2) is 0 Å². The fourth-order valence-electron chi connectivity index (χ4n) is 0.662. The van der Waals surface area contributed by atoms with E-state index in [2.05, 4.69) is 20.9 Å². The first-order valence-electron chi connectivity index (χ1n) is 2.73. The van der Waals surface area contributed by atoms with E-state index in [1.807, 2.05) is 0 Å². The van der Waals surface area contributed by atoms with Crippen molar-refractivity contribution in [3.8, 4) is 0 Å². The van der Waals surface area contributed by atoms with Gasteiger partial charge in [-0.25, -0.2) is 0 Å². The van der Waals surface area contributed by atoms with E-state index >= 15 is 0 Å². The number of aliphatic imine (C=N–C) groups is 1. The van der Waals surface area contributed by atoms with Crippen molar-refractivity contribution in [2.45, 2.75) is 12.5 Å². The van der Waals surface area contributed by atoms with Crippen LogP contribution in [-0.2, 0) is 4.74 Å². The van der Waals surface area contributed by atoms with Gasteiger partial charge in [0.2, 0.25) is 0 Å². The highest BCUT2D eigenvalue weighted by atomic mass is 79.9. The van der Waals surface area contributed by atoms with E-state index in [0.717, 1.165) is 10.9 Å². The Hall–Kier alpha value is -0.150. The lowest BCUT2D eigenvalue weighted by Gasteiger charge is -2.11. The first-order valence-corrected chi connectivity index (χ1v) is 3.53. The highest BCUT2D eigenvalue weighted by molar-refractivity contribution is 9.11. The molecule has 0 aromatic heterocycles. The number of ether oxygens (including phenoxy) is 1. The number of methoxy groups -OCH3 is 1. The maximum absolute atomic E-state index is 5.04. The SMILES string of the molecule is COC1C=NC=C(Br)C1. The van der Waals surface area contributed by atoms with Gasteiger partial charge in [-0.2, -0.15) is 0 Å². The summed E-state index contributed by atoms with van der Waals surface area (Å²) in [6, 6.07) is 0. The number of hydrogen-bond donors (Lipinski definition) is 0. The molecule has 0 aromatic rings. The summed E-state index contributed by atoms with van der Waals surface area (Å²) in [4.78, 5) is 3.95. The molecule has 0 amide bonds. The van der Waals surface area contributed by atoms with Gasteiger partial charge < -0.3 is 4.74 Å². The minimum absolute atomic E-state index is 0.157. The van der Waals surface area contributed by atoms with Crippen LogP contribution in [-0.4, -0.2) is 19.4 Å². The maximum atomic E-state index is 5.04. The minimum atomic E-state index is 0.157. The molecule has 2 nitrogen and oxygen atoms in total. The molecule has 0 aliphatic carbocycles. The van der Waals surface area contributed by atoms with E-state index in [9.17, 15) is 0 Å². The third-order valence-corrected chi connectivity index (χ3v) is 1.69. The molecule has 3 heteroatoms. The Balaban J connectivity index is 2.51. The van der Waals surface area contributed by atoms with Gasteiger partial charge in [0.25, 0.3) is 0 Å². The van der Waals surface area contributed by atoms with Gasteiger partial charge in [0.1, 0.15) is 0 Å². The lowest BCUT2D eigenvalue weighted by atomic mass is 10.2. The Morgan fingerprint density at radius 1 is 1.89 bits per heavy atom. The van der Waals surface area contributed by atoms with E-state index < -0.39 is 0 Å². The summed E-state index contributed by atoms with van der Waals surface area (Å²) in [7, 11) is 1.68. The third-order valence-electron chi connectivity index (χ3n) is 1.17. The summed E-state index contributed by atoms with van der Waals surface area (Å²) >= 11 is 3.34. The topological polar surface area (TPSA) is 21.6 Å². The van der Waals surface area contributed by atoms with Crippen LogP contribution in [0.4, 0.5) is 0 Å². The van der Waals surface area contributed by atoms with Gasteiger partial charge >= 0.3 is 0 Å². The zero-order valence-corrected chi connectivity index (χ0v) is 6.76. The van der Waals surface area contributed by atoms with Crippen LogP contribution in [0.25, 0.3) is 0 Å². The van der Waals surface area contributed by atoms with Gasteiger partial charge in [-0.15, -0.1) is 0 Å². The molecule has 0 radical (unpaired) electrons. The molecule has 0 saturated carbocycles. The molecule has 50 valence electrons. The second-order valence-corrected chi connectivity index (χ2v) is 2.87. The van der Waals surface area contributed by atoms with Crippen LogP contribution < -0.4 is 0 Å². The Morgan fingerprint density at radius 3 is 3.11 bits per heavy atom. The van der Waals surface area contributed by atoms with Gasteiger partial charge in [0.05, 0.1) is 6.10 Å². The number of rotatable bonds is 1. The number of hydrogen-bond acceptors (Lipinski definition) is 2. The van der Waals surface area contributed by atoms with E-state index in [4.69, 9.17) is 4.74 Å². The monoisotopic (exact) mass is 189 g/mol. The fourth-order valence-corrected chi connectivity index (χ4v) is 1.10. The van der Waals surface area contributed by atoms with Crippen molar-refractivity contribution < 1.29 is 4.74 Å². The van der Waals surface area contributed by atoms with Gasteiger partial charge in [0, 0.05) is 30.4 Å². The Bertz CT molecular complexity index is 153. The first kappa shape index (κ1) is 6.96. The van der Waals surface area contributed by atoms with E-state index in [1.165, 1.54) is 0 Å². The molecule has 0 saturated heterocycles. The molecule has 9 heavy (non-hydrogen) atoms. The second-order valence-electron chi connectivity index (χ2n) is 1.85. The quantitative estimate of drug-likeness (QED) is 0.616. The summed E-state index contributed by atoms with van der Waals surface area (Å²) in [6.07, 6.45) is 4.64. The fraction of sp³-hybridized carbons (Fsp3) is 0.500. The van der Waals surface area contributed by atoms with Crippen LogP contribution >= 0.6 is 15.9 Å². The van der Waals surface area contributed by atoms with E-state index in [1.54, 1.807) is 19.5 Å². The molecular weight excluding hydrogens is 182 g/mol. The van der Waals surface area contributed by atoms with Crippen LogP contribution in [0.15, 0.2) is 15.7 Å². The standard InChI is InChI=1S/C6H8BrNO/c1-9-6-2-5(7)3-8-4-6/h3-4,6H,2H2,1H3. The molecular formula is C6H8BrNO. The van der Waals surface area contributed by atoms with Gasteiger partial charge in [-0.3, -0.25) is 4.99 Å². The molecule has 0 aromatic carbocycles. The van der Waals surface area contributed by atoms with E-state index in [-0.39, 0.29) is 6.10 Å². The molecule has 1 atom stereocenters. The van der Waals surface area contributed by atoms with Gasteiger partial charge in [-0.1, -0.05) is 15.9 Å². The average Bonchev–Trinajstić information content (AvgIpc) is 1.88. The predicted molar refractivity (Wildman–Crippen MR) is 40.9 cm³/mol. The van der Waals surface area contributed by atoms with Crippen LogP contribution in [0.5, 0.6) is 0 Å². The Kier molecular flexibility index (Phi) is 2.42. The molecule has 0 N–H and O–H groups in total. The second kappa shape index (κ2) is 3.13. The van der Waals surface area contributed by atoms with Crippen molar-refractivity contribution in [2.24, 2.45) is 4.99 Å². The zero-order valence-electron chi connectivity index (χ0n) is 5.17.